The summed E-state index contributed by atoms with van der Waals surface area (Å²) in [6, 6.07) is 4.14. The Kier molecular flexibility index (Phi) is 2.68. The number of rotatable bonds is 2. The van der Waals surface area contributed by atoms with E-state index in [1.165, 1.54) is 6.42 Å². The third kappa shape index (κ3) is 1.68. The van der Waals surface area contributed by atoms with E-state index in [0.717, 1.165) is 30.1 Å². The number of fused-ring (bicyclic) bond motifs is 1. The minimum absolute atomic E-state index is 0.294. The molecule has 0 aromatic carbocycles. The Balaban J connectivity index is 2.20. The number of ether oxygens (including phenoxy) is 1. The lowest BCUT2D eigenvalue weighted by molar-refractivity contribution is 0.417. The summed E-state index contributed by atoms with van der Waals surface area (Å²) in [4.78, 5) is 4.47. The number of halogens is 1. The molecule has 0 saturated carbocycles. The van der Waals surface area contributed by atoms with Crippen LogP contribution >= 0.6 is 11.6 Å². The Morgan fingerprint density at radius 1 is 1.59 bits per heavy atom. The number of hydrogen-bond acceptors (Lipinski definition) is 3. The molecule has 1 aliphatic heterocycles. The lowest BCUT2D eigenvalue weighted by Gasteiger charge is -2.09. The molecule has 90 valence electrons. The first-order valence-corrected chi connectivity index (χ1v) is 6.13. The molecule has 1 N–H and O–H groups in total. The van der Waals surface area contributed by atoms with Crippen LogP contribution in [0.1, 0.15) is 24.7 Å². The first-order valence-electron chi connectivity index (χ1n) is 5.75. The molecule has 1 atom stereocenters. The van der Waals surface area contributed by atoms with Crippen LogP contribution in [-0.2, 0) is 0 Å². The molecule has 3 rings (SSSR count). The number of hydrogen-bond donors (Lipinski definition) is 1. The highest BCUT2D eigenvalue weighted by atomic mass is 35.5. The van der Waals surface area contributed by atoms with Crippen molar-refractivity contribution in [3.05, 3.63) is 29.3 Å². The predicted molar refractivity (Wildman–Crippen MR) is 66.7 cm³/mol. The quantitative estimate of drug-likeness (QED) is 0.891. The topological polar surface area (TPSA) is 38.6 Å². The van der Waals surface area contributed by atoms with Gasteiger partial charge >= 0.3 is 0 Å². The molecule has 0 bridgehead atoms. The van der Waals surface area contributed by atoms with Gasteiger partial charge in [-0.2, -0.15) is 0 Å². The molecule has 2 aromatic heterocycles. The van der Waals surface area contributed by atoms with Gasteiger partial charge in [0.1, 0.15) is 17.1 Å². The molecular formula is C12H14ClN3O. The normalized spacial score (nSPS) is 20.0. The van der Waals surface area contributed by atoms with Gasteiger partial charge in [0.15, 0.2) is 5.15 Å². The van der Waals surface area contributed by atoms with Crippen molar-refractivity contribution in [1.82, 2.24) is 14.7 Å². The van der Waals surface area contributed by atoms with Crippen LogP contribution in [0.25, 0.3) is 5.52 Å². The highest BCUT2D eigenvalue weighted by Gasteiger charge is 2.23. The monoisotopic (exact) mass is 251 g/mol. The second-order valence-electron chi connectivity index (χ2n) is 4.20. The molecule has 0 aliphatic carbocycles. The van der Waals surface area contributed by atoms with Gasteiger partial charge in [-0.05, 0) is 31.5 Å². The molecule has 5 heteroatoms. The maximum atomic E-state index is 6.20. The zero-order valence-corrected chi connectivity index (χ0v) is 10.4. The zero-order valence-electron chi connectivity index (χ0n) is 9.61. The summed E-state index contributed by atoms with van der Waals surface area (Å²) >= 11 is 6.20. The lowest BCUT2D eigenvalue weighted by Crippen LogP contribution is -2.15. The van der Waals surface area contributed by atoms with Gasteiger partial charge in [0, 0.05) is 6.20 Å². The molecule has 0 amide bonds. The van der Waals surface area contributed by atoms with Crippen molar-refractivity contribution >= 4 is 17.1 Å². The molecule has 3 heterocycles. The van der Waals surface area contributed by atoms with Crippen LogP contribution in [0, 0.1) is 0 Å². The van der Waals surface area contributed by atoms with E-state index in [4.69, 9.17) is 16.3 Å². The molecule has 1 saturated heterocycles. The fraction of sp³-hybridized carbons (Fsp3) is 0.417. The first-order chi connectivity index (χ1) is 8.31. The van der Waals surface area contributed by atoms with Crippen molar-refractivity contribution in [3.8, 4) is 5.75 Å². The minimum Gasteiger partial charge on any atom is -0.494 e. The van der Waals surface area contributed by atoms with Crippen molar-refractivity contribution in [1.29, 1.82) is 0 Å². The van der Waals surface area contributed by atoms with E-state index < -0.39 is 0 Å². The summed E-state index contributed by atoms with van der Waals surface area (Å²) in [5.74, 6) is 1.73. The highest BCUT2D eigenvalue weighted by molar-refractivity contribution is 6.33. The number of nitrogens with one attached hydrogen (secondary N) is 1. The van der Waals surface area contributed by atoms with Crippen LogP contribution < -0.4 is 10.1 Å². The van der Waals surface area contributed by atoms with Crippen molar-refractivity contribution in [2.75, 3.05) is 13.7 Å². The first kappa shape index (κ1) is 10.9. The summed E-state index contributed by atoms with van der Waals surface area (Å²) < 4.78 is 7.34. The number of imidazole rings is 1. The largest absolute Gasteiger partial charge is 0.494 e. The van der Waals surface area contributed by atoms with Gasteiger partial charge in [0.2, 0.25) is 0 Å². The zero-order chi connectivity index (χ0) is 11.8. The average molecular weight is 252 g/mol. The predicted octanol–water partition coefficient (Wildman–Crippen LogP) is 2.42. The molecule has 0 spiro atoms. The Labute approximate surface area is 105 Å². The van der Waals surface area contributed by atoms with E-state index in [-0.39, 0.29) is 0 Å². The molecule has 4 nitrogen and oxygen atoms in total. The van der Waals surface area contributed by atoms with Gasteiger partial charge in [-0.15, -0.1) is 0 Å². The molecule has 1 unspecified atom stereocenters. The van der Waals surface area contributed by atoms with Crippen LogP contribution in [0.15, 0.2) is 18.3 Å². The SMILES string of the molecule is COc1cccn2c(C3CCCN3)nc(Cl)c12. The van der Waals surface area contributed by atoms with Crippen molar-refractivity contribution in [2.24, 2.45) is 0 Å². The highest BCUT2D eigenvalue weighted by Crippen LogP contribution is 2.31. The van der Waals surface area contributed by atoms with Crippen LogP contribution in [-0.4, -0.2) is 23.0 Å². The summed E-state index contributed by atoms with van der Waals surface area (Å²) in [7, 11) is 1.64. The Hall–Kier alpha value is -1.26. The molecule has 1 aliphatic rings. The lowest BCUT2D eigenvalue weighted by atomic mass is 10.2. The summed E-state index contributed by atoms with van der Waals surface area (Å²) in [6.45, 7) is 1.04. The van der Waals surface area contributed by atoms with Crippen LogP contribution in [0.4, 0.5) is 0 Å². The summed E-state index contributed by atoms with van der Waals surface area (Å²) in [5.41, 5.74) is 0.848. The maximum Gasteiger partial charge on any atom is 0.159 e. The molecule has 17 heavy (non-hydrogen) atoms. The van der Waals surface area contributed by atoms with E-state index in [0.29, 0.717) is 11.2 Å². The van der Waals surface area contributed by atoms with E-state index >= 15 is 0 Å². The second-order valence-corrected chi connectivity index (χ2v) is 4.56. The fourth-order valence-corrected chi connectivity index (χ4v) is 2.67. The van der Waals surface area contributed by atoms with E-state index in [1.54, 1.807) is 7.11 Å². The molecule has 1 fully saturated rings. The third-order valence-corrected chi connectivity index (χ3v) is 3.47. The van der Waals surface area contributed by atoms with Crippen LogP contribution in [0.2, 0.25) is 5.15 Å². The summed E-state index contributed by atoms with van der Waals surface area (Å²) in [6.07, 6.45) is 4.26. The van der Waals surface area contributed by atoms with E-state index in [9.17, 15) is 0 Å². The second kappa shape index (κ2) is 4.20. The Morgan fingerprint density at radius 2 is 2.47 bits per heavy atom. The van der Waals surface area contributed by atoms with Crippen LogP contribution in [0.5, 0.6) is 5.75 Å². The van der Waals surface area contributed by atoms with Gasteiger partial charge in [-0.1, -0.05) is 11.6 Å². The van der Waals surface area contributed by atoms with Gasteiger partial charge < -0.3 is 10.1 Å². The van der Waals surface area contributed by atoms with Gasteiger partial charge in [-0.3, -0.25) is 4.40 Å². The van der Waals surface area contributed by atoms with Gasteiger partial charge in [0.25, 0.3) is 0 Å². The molecular weight excluding hydrogens is 238 g/mol. The Morgan fingerprint density at radius 3 is 3.18 bits per heavy atom. The average Bonchev–Trinajstić information content (AvgIpc) is 2.97. The minimum atomic E-state index is 0.294. The number of aromatic nitrogens is 2. The molecule has 0 radical (unpaired) electrons. The van der Waals surface area contributed by atoms with Crippen molar-refractivity contribution < 1.29 is 4.74 Å². The van der Waals surface area contributed by atoms with E-state index in [1.807, 2.05) is 22.7 Å². The molecule has 2 aromatic rings. The van der Waals surface area contributed by atoms with Gasteiger partial charge in [0.05, 0.1) is 13.2 Å². The summed E-state index contributed by atoms with van der Waals surface area (Å²) in [5, 5.41) is 3.94. The Bertz CT molecular complexity index is 546. The van der Waals surface area contributed by atoms with Gasteiger partial charge in [-0.25, -0.2) is 4.98 Å². The van der Waals surface area contributed by atoms with Crippen LogP contribution in [0.3, 0.4) is 0 Å². The van der Waals surface area contributed by atoms with Crippen molar-refractivity contribution in [3.63, 3.8) is 0 Å². The smallest absolute Gasteiger partial charge is 0.159 e. The fourth-order valence-electron chi connectivity index (χ4n) is 2.40. The number of methoxy groups -OCH3 is 1. The number of nitrogens with zero attached hydrogens (tertiary/aromatic N) is 2. The third-order valence-electron chi connectivity index (χ3n) is 3.20. The standard InChI is InChI=1S/C12H14ClN3O/c1-17-9-5-3-7-16-10(9)11(13)15-12(16)8-4-2-6-14-8/h3,5,7-8,14H,2,4,6H2,1H3. The number of pyridine rings is 1. The van der Waals surface area contributed by atoms with E-state index in [2.05, 4.69) is 10.3 Å². The maximum absolute atomic E-state index is 6.20. The van der Waals surface area contributed by atoms with Crippen molar-refractivity contribution in [2.45, 2.75) is 18.9 Å².